The minimum absolute atomic E-state index is 0.335. The van der Waals surface area contributed by atoms with Crippen molar-refractivity contribution in [1.29, 1.82) is 0 Å². The van der Waals surface area contributed by atoms with E-state index < -0.39 is 11.5 Å². The first-order valence-corrected chi connectivity index (χ1v) is 8.40. The molecule has 1 heterocycles. The van der Waals surface area contributed by atoms with Crippen LogP contribution in [0.2, 0.25) is 0 Å². The highest BCUT2D eigenvalue weighted by Gasteiger charge is 2.52. The maximum Gasteiger partial charge on any atom is 0.325 e. The highest BCUT2D eigenvalue weighted by Crippen LogP contribution is 2.43. The molecule has 0 radical (unpaired) electrons. The van der Waals surface area contributed by atoms with Gasteiger partial charge in [-0.15, -0.1) is 0 Å². The van der Waals surface area contributed by atoms with Gasteiger partial charge in [0.15, 0.2) is 0 Å². The van der Waals surface area contributed by atoms with E-state index in [9.17, 15) is 9.90 Å². The number of nitrogens with one attached hydrogen (secondary N) is 1. The van der Waals surface area contributed by atoms with Gasteiger partial charge in [0.05, 0.1) is 0 Å². The van der Waals surface area contributed by atoms with Crippen LogP contribution in [0.1, 0.15) is 51.9 Å². The molecule has 4 nitrogen and oxygen atoms in total. The summed E-state index contributed by atoms with van der Waals surface area (Å²) in [5.74, 6) is 0.528. The summed E-state index contributed by atoms with van der Waals surface area (Å²) in [7, 11) is 0. The average molecular weight is 280 g/mol. The minimum atomic E-state index is -0.695. The number of aliphatic carboxylic acids is 1. The van der Waals surface area contributed by atoms with Gasteiger partial charge in [-0.3, -0.25) is 9.69 Å². The predicted molar refractivity (Wildman–Crippen MR) is 78.7 cm³/mol. The van der Waals surface area contributed by atoms with E-state index in [-0.39, 0.29) is 0 Å². The molecule has 0 bridgehead atoms. The second kappa shape index (κ2) is 5.64. The van der Waals surface area contributed by atoms with Crippen LogP contribution in [-0.4, -0.2) is 47.2 Å². The fourth-order valence-electron chi connectivity index (χ4n) is 4.61. The van der Waals surface area contributed by atoms with Gasteiger partial charge in [-0.1, -0.05) is 13.3 Å². The van der Waals surface area contributed by atoms with Crippen molar-refractivity contribution in [2.24, 2.45) is 11.8 Å². The molecule has 3 aliphatic rings. The van der Waals surface area contributed by atoms with Gasteiger partial charge in [-0.05, 0) is 63.5 Å². The smallest absolute Gasteiger partial charge is 0.325 e. The van der Waals surface area contributed by atoms with E-state index in [0.29, 0.717) is 18.5 Å². The van der Waals surface area contributed by atoms with Crippen molar-refractivity contribution in [3.8, 4) is 0 Å². The van der Waals surface area contributed by atoms with Crippen LogP contribution in [0, 0.1) is 11.8 Å². The van der Waals surface area contributed by atoms with Crippen molar-refractivity contribution >= 4 is 5.97 Å². The van der Waals surface area contributed by atoms with Gasteiger partial charge >= 0.3 is 5.97 Å². The molecule has 114 valence electrons. The Morgan fingerprint density at radius 3 is 2.65 bits per heavy atom. The largest absolute Gasteiger partial charge is 0.480 e. The molecule has 3 rings (SSSR count). The van der Waals surface area contributed by atoms with Crippen molar-refractivity contribution in [3.05, 3.63) is 0 Å². The molecular formula is C16H28N2O2. The van der Waals surface area contributed by atoms with Crippen molar-refractivity contribution in [3.63, 3.8) is 0 Å². The molecule has 2 saturated carbocycles. The molecule has 3 unspecified atom stereocenters. The van der Waals surface area contributed by atoms with Crippen LogP contribution in [-0.2, 0) is 4.79 Å². The lowest BCUT2D eigenvalue weighted by atomic mass is 9.87. The first-order chi connectivity index (χ1) is 9.67. The number of carboxylic acids is 1. The van der Waals surface area contributed by atoms with E-state index in [4.69, 9.17) is 0 Å². The van der Waals surface area contributed by atoms with Gasteiger partial charge in [-0.2, -0.15) is 0 Å². The molecule has 0 amide bonds. The third-order valence-corrected chi connectivity index (χ3v) is 5.71. The average Bonchev–Trinajstić information content (AvgIpc) is 3.16. The van der Waals surface area contributed by atoms with E-state index >= 15 is 0 Å². The molecule has 0 aromatic heterocycles. The van der Waals surface area contributed by atoms with Crippen LogP contribution in [0.15, 0.2) is 0 Å². The predicted octanol–water partition coefficient (Wildman–Crippen LogP) is 2.09. The molecular weight excluding hydrogens is 252 g/mol. The summed E-state index contributed by atoms with van der Waals surface area (Å²) in [6.07, 6.45) is 8.70. The molecule has 1 saturated heterocycles. The first kappa shape index (κ1) is 14.3. The SMILES string of the molecule is CCNC(CN1CCCC2CCCC21)(C(=O)O)C1CC1. The van der Waals surface area contributed by atoms with E-state index in [2.05, 4.69) is 10.2 Å². The van der Waals surface area contributed by atoms with Crippen LogP contribution < -0.4 is 5.32 Å². The number of hydrogen-bond acceptors (Lipinski definition) is 3. The number of rotatable bonds is 6. The fourth-order valence-corrected chi connectivity index (χ4v) is 4.61. The van der Waals surface area contributed by atoms with Crippen molar-refractivity contribution < 1.29 is 9.90 Å². The summed E-state index contributed by atoms with van der Waals surface area (Å²) in [5.41, 5.74) is -0.695. The van der Waals surface area contributed by atoms with Gasteiger partial charge in [0.2, 0.25) is 0 Å². The lowest BCUT2D eigenvalue weighted by Crippen LogP contribution is -2.63. The molecule has 20 heavy (non-hydrogen) atoms. The maximum absolute atomic E-state index is 12.0. The molecule has 3 fully saturated rings. The van der Waals surface area contributed by atoms with Gasteiger partial charge in [0.25, 0.3) is 0 Å². The zero-order valence-electron chi connectivity index (χ0n) is 12.6. The number of piperidine rings is 1. The Labute approximate surface area is 121 Å². The fraction of sp³-hybridized carbons (Fsp3) is 0.938. The molecule has 0 aromatic carbocycles. The molecule has 0 spiro atoms. The summed E-state index contributed by atoms with van der Waals surface area (Å²) in [4.78, 5) is 14.5. The summed E-state index contributed by atoms with van der Waals surface area (Å²) in [6.45, 7) is 4.57. The Morgan fingerprint density at radius 2 is 2.00 bits per heavy atom. The van der Waals surface area contributed by atoms with Crippen molar-refractivity contribution in [2.75, 3.05) is 19.6 Å². The number of carbonyl (C=O) groups is 1. The first-order valence-electron chi connectivity index (χ1n) is 8.40. The van der Waals surface area contributed by atoms with E-state index in [1.165, 1.54) is 32.1 Å². The number of hydrogen-bond donors (Lipinski definition) is 2. The summed E-state index contributed by atoms with van der Waals surface area (Å²) in [5, 5.41) is 13.2. The van der Waals surface area contributed by atoms with Crippen molar-refractivity contribution in [2.45, 2.75) is 63.5 Å². The summed E-state index contributed by atoms with van der Waals surface area (Å²) >= 11 is 0. The third kappa shape index (κ3) is 2.48. The number of fused-ring (bicyclic) bond motifs is 1. The summed E-state index contributed by atoms with van der Waals surface area (Å²) in [6, 6.07) is 0.653. The Balaban J connectivity index is 1.76. The Kier molecular flexibility index (Phi) is 4.04. The summed E-state index contributed by atoms with van der Waals surface area (Å²) < 4.78 is 0. The Hall–Kier alpha value is -0.610. The van der Waals surface area contributed by atoms with Crippen LogP contribution >= 0.6 is 0 Å². The Bertz CT molecular complexity index is 369. The monoisotopic (exact) mass is 280 g/mol. The van der Waals surface area contributed by atoms with Crippen LogP contribution in [0.5, 0.6) is 0 Å². The molecule has 3 atom stereocenters. The lowest BCUT2D eigenvalue weighted by Gasteiger charge is -2.43. The van der Waals surface area contributed by atoms with E-state index in [0.717, 1.165) is 31.8 Å². The number of nitrogens with zero attached hydrogens (tertiary/aromatic N) is 1. The quantitative estimate of drug-likeness (QED) is 0.782. The zero-order chi connectivity index (χ0) is 14.2. The topological polar surface area (TPSA) is 52.6 Å². The molecule has 4 heteroatoms. The van der Waals surface area contributed by atoms with E-state index in [1.54, 1.807) is 0 Å². The van der Waals surface area contributed by atoms with Gasteiger partial charge in [0.1, 0.15) is 5.54 Å². The van der Waals surface area contributed by atoms with Crippen LogP contribution in [0.3, 0.4) is 0 Å². The molecule has 1 aliphatic heterocycles. The lowest BCUT2D eigenvalue weighted by molar-refractivity contribution is -0.147. The highest BCUT2D eigenvalue weighted by molar-refractivity contribution is 5.80. The number of carboxylic acid groups (broad SMARTS) is 1. The second-order valence-corrected chi connectivity index (χ2v) is 6.95. The van der Waals surface area contributed by atoms with Crippen molar-refractivity contribution in [1.82, 2.24) is 10.2 Å². The van der Waals surface area contributed by atoms with E-state index in [1.807, 2.05) is 6.92 Å². The minimum Gasteiger partial charge on any atom is -0.480 e. The third-order valence-electron chi connectivity index (χ3n) is 5.71. The van der Waals surface area contributed by atoms with Gasteiger partial charge in [0, 0.05) is 12.6 Å². The standard InChI is InChI=1S/C16H28N2O2/c1-2-17-16(15(19)20,13-8-9-13)11-18-10-4-6-12-5-3-7-14(12)18/h12-14,17H,2-11H2,1H3,(H,19,20). The number of likely N-dealkylation sites (N-methyl/N-ethyl adjacent to an activating group) is 1. The molecule has 0 aromatic rings. The zero-order valence-corrected chi connectivity index (χ0v) is 12.6. The highest BCUT2D eigenvalue weighted by atomic mass is 16.4. The Morgan fingerprint density at radius 1 is 1.25 bits per heavy atom. The van der Waals surface area contributed by atoms with Crippen LogP contribution in [0.25, 0.3) is 0 Å². The second-order valence-electron chi connectivity index (χ2n) is 6.95. The normalized spacial score (nSPS) is 33.6. The van der Waals surface area contributed by atoms with Gasteiger partial charge in [-0.25, -0.2) is 0 Å². The van der Waals surface area contributed by atoms with Crippen LogP contribution in [0.4, 0.5) is 0 Å². The maximum atomic E-state index is 12.0. The molecule has 2 aliphatic carbocycles. The van der Waals surface area contributed by atoms with Gasteiger partial charge < -0.3 is 10.4 Å². The number of likely N-dealkylation sites (tertiary alicyclic amines) is 1. The molecule has 2 N–H and O–H groups in total.